The van der Waals surface area contributed by atoms with Gasteiger partial charge in [0.05, 0.1) is 13.2 Å². The van der Waals surface area contributed by atoms with Gasteiger partial charge < -0.3 is 13.6 Å². The molecule has 0 aromatic heterocycles. The zero-order valence-corrected chi connectivity index (χ0v) is 15.5. The smallest absolute Gasteiger partial charge is 0.146 e. The van der Waals surface area contributed by atoms with Crippen LogP contribution in [0.5, 0.6) is 0 Å². The van der Waals surface area contributed by atoms with E-state index in [-0.39, 0.29) is 19.5 Å². The molecule has 0 unspecified atom stereocenters. The summed E-state index contributed by atoms with van der Waals surface area (Å²) in [7, 11) is -0.568. The maximum absolute atomic E-state index is 5.82. The molecular weight excluding hydrogens is 272 g/mol. The van der Waals surface area contributed by atoms with Gasteiger partial charge in [-0.1, -0.05) is 24.3 Å². The van der Waals surface area contributed by atoms with Gasteiger partial charge in [-0.3, -0.25) is 0 Å². The highest BCUT2D eigenvalue weighted by Crippen LogP contribution is 1.96. The topological polar surface area (TPSA) is 27.7 Å². The van der Waals surface area contributed by atoms with Crippen LogP contribution in [-0.2, 0) is 13.6 Å². The quantitative estimate of drug-likeness (QED) is 0.279. The highest BCUT2D eigenvalue weighted by Gasteiger charge is 1.94. The normalized spacial score (nSPS) is 11.9. The van der Waals surface area contributed by atoms with Crippen LogP contribution in [0.1, 0.15) is 26.7 Å². The van der Waals surface area contributed by atoms with E-state index in [9.17, 15) is 0 Å². The third-order valence-electron chi connectivity index (χ3n) is 2.35. The van der Waals surface area contributed by atoms with E-state index in [1.165, 1.54) is 12.1 Å². The summed E-state index contributed by atoms with van der Waals surface area (Å²) < 4.78 is 16.7. The summed E-state index contributed by atoms with van der Waals surface area (Å²) in [6.07, 6.45) is 2.27. The number of ether oxygens (including phenoxy) is 2. The Labute approximate surface area is 123 Å². The Morgan fingerprint density at radius 3 is 1.63 bits per heavy atom. The summed E-state index contributed by atoms with van der Waals surface area (Å²) in [6, 6.07) is 2.46. The van der Waals surface area contributed by atoms with Crippen molar-refractivity contribution in [2.75, 3.05) is 26.4 Å². The van der Waals surface area contributed by atoms with Crippen LogP contribution in [-0.4, -0.2) is 46.0 Å². The second-order valence-electron chi connectivity index (χ2n) is 5.05. The monoisotopic (exact) mass is 302 g/mol. The summed E-state index contributed by atoms with van der Waals surface area (Å²) in [5, 5.41) is 0. The van der Waals surface area contributed by atoms with Crippen LogP contribution in [0.15, 0.2) is 24.3 Å². The lowest BCUT2D eigenvalue weighted by atomic mass is 10.4. The molecule has 0 aliphatic rings. The van der Waals surface area contributed by atoms with E-state index in [2.05, 4.69) is 13.2 Å². The first-order valence-electron chi connectivity index (χ1n) is 7.15. The summed E-state index contributed by atoms with van der Waals surface area (Å²) in [5.41, 5.74) is 2.18. The zero-order valence-electron chi connectivity index (χ0n) is 12.7. The van der Waals surface area contributed by atoms with E-state index < -0.39 is 0 Å². The Bertz CT molecular complexity index is 221. The molecule has 0 fully saturated rings. The molecule has 0 aromatic rings. The maximum atomic E-state index is 5.82. The number of hydrogen-bond acceptors (Lipinski definition) is 3. The molecule has 19 heavy (non-hydrogen) atoms. The minimum Gasteiger partial charge on any atom is -0.465 e. The Morgan fingerprint density at radius 1 is 0.842 bits per heavy atom. The van der Waals surface area contributed by atoms with E-state index in [1.807, 2.05) is 13.8 Å². The van der Waals surface area contributed by atoms with Gasteiger partial charge in [-0.05, 0) is 38.8 Å². The van der Waals surface area contributed by atoms with Crippen molar-refractivity contribution >= 4 is 19.5 Å². The largest absolute Gasteiger partial charge is 0.465 e. The molecule has 0 amide bonds. The van der Waals surface area contributed by atoms with Crippen LogP contribution >= 0.6 is 0 Å². The molecule has 5 heteroatoms. The second-order valence-corrected chi connectivity index (χ2v) is 8.91. The lowest BCUT2D eigenvalue weighted by molar-refractivity contribution is 0.156. The molecule has 0 atom stereocenters. The first kappa shape index (κ1) is 18.8. The summed E-state index contributed by atoms with van der Waals surface area (Å²) >= 11 is 0. The fraction of sp³-hybridized carbons (Fsp3) is 0.714. The highest BCUT2D eigenvalue weighted by atomic mass is 28.3. The Morgan fingerprint density at radius 2 is 1.26 bits per heavy atom. The van der Waals surface area contributed by atoms with Gasteiger partial charge in [0.1, 0.15) is 19.5 Å². The summed E-state index contributed by atoms with van der Waals surface area (Å²) in [5.74, 6) is 0. The average Bonchev–Trinajstić information content (AvgIpc) is 2.34. The van der Waals surface area contributed by atoms with Crippen LogP contribution in [0.4, 0.5) is 0 Å². The van der Waals surface area contributed by atoms with Gasteiger partial charge in [-0.25, -0.2) is 0 Å². The Hall–Kier alpha value is -0.206. The second kappa shape index (κ2) is 14.2. The maximum Gasteiger partial charge on any atom is 0.146 e. The van der Waals surface area contributed by atoms with Crippen molar-refractivity contribution in [3.8, 4) is 0 Å². The van der Waals surface area contributed by atoms with E-state index >= 15 is 0 Å². The van der Waals surface area contributed by atoms with Gasteiger partial charge in [0.15, 0.2) is 0 Å². The van der Waals surface area contributed by atoms with Crippen molar-refractivity contribution in [1.29, 1.82) is 0 Å². The molecule has 0 saturated heterocycles. The van der Waals surface area contributed by atoms with Crippen molar-refractivity contribution in [2.45, 2.75) is 38.8 Å². The predicted molar refractivity (Wildman–Crippen MR) is 88.3 cm³/mol. The Kier molecular flexibility index (Phi) is 14.1. The van der Waals surface area contributed by atoms with Crippen LogP contribution in [0.25, 0.3) is 0 Å². The van der Waals surface area contributed by atoms with Crippen molar-refractivity contribution in [3.05, 3.63) is 24.3 Å². The number of rotatable bonds is 14. The highest BCUT2D eigenvalue weighted by molar-refractivity contribution is 6.42. The summed E-state index contributed by atoms with van der Waals surface area (Å²) in [4.78, 5) is 0. The SMILES string of the molecule is C=C(C)COCCC[SiH2]O[SiH2]CCCOCC(=C)C. The standard InChI is InChI=1S/C14H30O3Si2/c1-13(2)11-15-7-5-9-18-17-19-10-6-8-16-12-14(3)4/h1,3,5-12,18-19H2,2,4H3. The van der Waals surface area contributed by atoms with Gasteiger partial charge in [-0.2, -0.15) is 0 Å². The molecule has 0 aliphatic carbocycles. The molecule has 0 bridgehead atoms. The van der Waals surface area contributed by atoms with Gasteiger partial charge in [-0.15, -0.1) is 0 Å². The van der Waals surface area contributed by atoms with Crippen molar-refractivity contribution < 1.29 is 13.6 Å². The molecule has 0 aliphatic heterocycles. The third-order valence-corrected chi connectivity index (χ3v) is 6.24. The van der Waals surface area contributed by atoms with Crippen LogP contribution in [0.3, 0.4) is 0 Å². The molecule has 0 saturated carbocycles. The molecule has 0 aromatic carbocycles. The molecule has 0 radical (unpaired) electrons. The fourth-order valence-corrected chi connectivity index (χ4v) is 4.68. The van der Waals surface area contributed by atoms with Gasteiger partial charge >= 0.3 is 0 Å². The molecule has 0 N–H and O–H groups in total. The van der Waals surface area contributed by atoms with Crippen LogP contribution in [0, 0.1) is 0 Å². The molecule has 0 rings (SSSR count). The van der Waals surface area contributed by atoms with Gasteiger partial charge in [0, 0.05) is 13.2 Å². The number of hydrogen-bond donors (Lipinski definition) is 0. The predicted octanol–water partition coefficient (Wildman–Crippen LogP) is 1.97. The molecule has 112 valence electrons. The minimum atomic E-state index is -0.284. The summed E-state index contributed by atoms with van der Waals surface area (Å²) in [6.45, 7) is 14.7. The van der Waals surface area contributed by atoms with E-state index in [1.54, 1.807) is 0 Å². The van der Waals surface area contributed by atoms with Crippen LogP contribution in [0.2, 0.25) is 12.1 Å². The first-order valence-corrected chi connectivity index (χ1v) is 10.3. The van der Waals surface area contributed by atoms with Crippen molar-refractivity contribution in [3.63, 3.8) is 0 Å². The fourth-order valence-electron chi connectivity index (χ4n) is 1.41. The van der Waals surface area contributed by atoms with E-state index in [4.69, 9.17) is 13.6 Å². The van der Waals surface area contributed by atoms with Gasteiger partial charge in [0.25, 0.3) is 0 Å². The van der Waals surface area contributed by atoms with Crippen molar-refractivity contribution in [1.82, 2.24) is 0 Å². The zero-order chi connectivity index (χ0) is 14.3. The minimum absolute atomic E-state index is 0.284. The lowest BCUT2D eigenvalue weighted by Gasteiger charge is -2.05. The Balaban J connectivity index is 2.99. The third kappa shape index (κ3) is 17.8. The molecule has 0 heterocycles. The first-order chi connectivity index (χ1) is 9.13. The van der Waals surface area contributed by atoms with Crippen molar-refractivity contribution in [2.24, 2.45) is 0 Å². The molecular formula is C14H30O3Si2. The van der Waals surface area contributed by atoms with Gasteiger partial charge in [0.2, 0.25) is 0 Å². The average molecular weight is 303 g/mol. The van der Waals surface area contributed by atoms with E-state index in [0.29, 0.717) is 13.2 Å². The van der Waals surface area contributed by atoms with Crippen LogP contribution < -0.4 is 0 Å². The lowest BCUT2D eigenvalue weighted by Crippen LogP contribution is -2.07. The molecule has 0 spiro atoms. The van der Waals surface area contributed by atoms with E-state index in [0.717, 1.165) is 37.2 Å². The molecule has 3 nitrogen and oxygen atoms in total.